The smallest absolute Gasteiger partial charge is 0.0360 e. The fraction of sp³-hybridized carbons (Fsp3) is 0.714. The first-order chi connectivity index (χ1) is 4.29. The van der Waals surface area contributed by atoms with Gasteiger partial charge in [0.1, 0.15) is 0 Å². The van der Waals surface area contributed by atoms with Gasteiger partial charge in [0.05, 0.1) is 0 Å². The van der Waals surface area contributed by atoms with Gasteiger partial charge in [-0.05, 0) is 19.7 Å². The van der Waals surface area contributed by atoms with Crippen molar-refractivity contribution in [2.45, 2.75) is 0 Å². The van der Waals surface area contributed by atoms with E-state index in [1.165, 1.54) is 5.57 Å². The van der Waals surface area contributed by atoms with Crippen LogP contribution in [-0.4, -0.2) is 38.6 Å². The van der Waals surface area contributed by atoms with Crippen molar-refractivity contribution in [2.24, 2.45) is 0 Å². The Morgan fingerprint density at radius 1 is 1.67 bits per heavy atom. The normalized spacial score (nSPS) is 18.8. The van der Waals surface area contributed by atoms with E-state index in [0.29, 0.717) is 0 Å². The van der Waals surface area contributed by atoms with Crippen molar-refractivity contribution >= 4 is 0 Å². The van der Waals surface area contributed by atoms with E-state index in [1.54, 1.807) is 0 Å². The fourth-order valence-electron chi connectivity index (χ4n) is 0.987. The Hall–Kier alpha value is -0.340. The van der Waals surface area contributed by atoms with Crippen molar-refractivity contribution < 1.29 is 0 Å². The molecule has 1 heterocycles. The summed E-state index contributed by atoms with van der Waals surface area (Å²) in [6, 6.07) is 0. The van der Waals surface area contributed by atoms with Crippen LogP contribution in [-0.2, 0) is 0 Å². The number of nitrogens with zero attached hydrogens (tertiary/aromatic N) is 2. The van der Waals surface area contributed by atoms with Gasteiger partial charge in [-0.25, -0.2) is 5.32 Å². The Bertz CT molecular complexity index is 116. The first-order valence-electron chi connectivity index (χ1n) is 3.25. The van der Waals surface area contributed by atoms with Gasteiger partial charge in [0.15, 0.2) is 0 Å². The maximum atomic E-state index is 4.20. The molecule has 2 heteroatoms. The van der Waals surface area contributed by atoms with Crippen LogP contribution in [0.25, 0.3) is 0 Å². The minimum atomic E-state index is 0.934. The van der Waals surface area contributed by atoms with Crippen LogP contribution in [0.4, 0.5) is 0 Å². The van der Waals surface area contributed by atoms with Gasteiger partial charge in [-0.1, -0.05) is 6.08 Å². The molecular weight excluding hydrogens is 112 g/mol. The molecule has 0 fully saturated rings. The molecule has 1 aliphatic rings. The molecule has 0 aromatic carbocycles. The Morgan fingerprint density at radius 3 is 2.89 bits per heavy atom. The van der Waals surface area contributed by atoms with Gasteiger partial charge in [0, 0.05) is 19.6 Å². The molecule has 0 saturated carbocycles. The molecule has 0 N–H and O–H groups in total. The topological polar surface area (TPSA) is 17.3 Å². The molecule has 51 valence electrons. The summed E-state index contributed by atoms with van der Waals surface area (Å²) >= 11 is 0. The highest BCUT2D eigenvalue weighted by molar-refractivity contribution is 5.11. The quantitative estimate of drug-likeness (QED) is 0.478. The molecule has 0 amide bonds. The number of rotatable bonds is 2. The van der Waals surface area contributed by atoms with Gasteiger partial charge in [-0.15, -0.1) is 0 Å². The van der Waals surface area contributed by atoms with E-state index in [2.05, 4.69) is 30.4 Å². The third-order valence-corrected chi connectivity index (χ3v) is 1.34. The summed E-state index contributed by atoms with van der Waals surface area (Å²) in [5.74, 6) is 0. The number of hydrogen-bond acceptors (Lipinski definition) is 1. The first-order valence-corrected chi connectivity index (χ1v) is 3.25. The maximum absolute atomic E-state index is 4.20. The predicted molar refractivity (Wildman–Crippen MR) is 38.5 cm³/mol. The van der Waals surface area contributed by atoms with Crippen molar-refractivity contribution in [1.29, 1.82) is 0 Å². The zero-order valence-corrected chi connectivity index (χ0v) is 6.09. The molecule has 0 atom stereocenters. The van der Waals surface area contributed by atoms with Crippen molar-refractivity contribution in [3.8, 4) is 0 Å². The van der Waals surface area contributed by atoms with E-state index in [4.69, 9.17) is 0 Å². The van der Waals surface area contributed by atoms with Gasteiger partial charge >= 0.3 is 0 Å². The Kier molecular flexibility index (Phi) is 2.25. The van der Waals surface area contributed by atoms with Gasteiger partial charge in [0.25, 0.3) is 0 Å². The maximum Gasteiger partial charge on any atom is 0.0360 e. The Morgan fingerprint density at radius 2 is 2.44 bits per heavy atom. The van der Waals surface area contributed by atoms with Crippen LogP contribution in [0.15, 0.2) is 11.6 Å². The lowest BCUT2D eigenvalue weighted by Crippen LogP contribution is -2.16. The van der Waals surface area contributed by atoms with E-state index < -0.39 is 0 Å². The largest absolute Gasteiger partial charge is 0.305 e. The predicted octanol–water partition coefficient (Wildman–Crippen LogP) is 0.0924. The lowest BCUT2D eigenvalue weighted by Gasteiger charge is -2.08. The molecule has 9 heavy (non-hydrogen) atoms. The third-order valence-electron chi connectivity index (χ3n) is 1.34. The van der Waals surface area contributed by atoms with Gasteiger partial charge in [0.2, 0.25) is 0 Å². The minimum absolute atomic E-state index is 0.934. The van der Waals surface area contributed by atoms with Crippen LogP contribution in [0.5, 0.6) is 0 Å². The van der Waals surface area contributed by atoms with Crippen molar-refractivity contribution in [2.75, 3.05) is 33.7 Å². The zero-order valence-electron chi connectivity index (χ0n) is 6.09. The molecule has 0 aromatic rings. The number of likely N-dealkylation sites (N-methyl/N-ethyl adjacent to an activating group) is 1. The van der Waals surface area contributed by atoms with Crippen molar-refractivity contribution in [1.82, 2.24) is 10.2 Å². The molecule has 0 unspecified atom stereocenters. The SMILES string of the molecule is CN(C)CC1=CC[N]C1. The second-order valence-electron chi connectivity index (χ2n) is 2.66. The van der Waals surface area contributed by atoms with E-state index in [-0.39, 0.29) is 0 Å². The van der Waals surface area contributed by atoms with Gasteiger partial charge < -0.3 is 4.90 Å². The van der Waals surface area contributed by atoms with E-state index in [1.807, 2.05) is 0 Å². The summed E-state index contributed by atoms with van der Waals surface area (Å²) in [5, 5.41) is 4.20. The third kappa shape index (κ3) is 2.16. The van der Waals surface area contributed by atoms with Crippen LogP contribution in [0.3, 0.4) is 0 Å². The standard InChI is InChI=1S/C7H13N2/c1-9(2)6-7-3-4-8-5-7/h3H,4-6H2,1-2H3. The summed E-state index contributed by atoms with van der Waals surface area (Å²) in [5.41, 5.74) is 1.46. The number of hydrogen-bond donors (Lipinski definition) is 0. The molecule has 0 aliphatic carbocycles. The highest BCUT2D eigenvalue weighted by Gasteiger charge is 2.03. The average Bonchev–Trinajstić information content (AvgIpc) is 2.15. The van der Waals surface area contributed by atoms with Crippen molar-refractivity contribution in [3.63, 3.8) is 0 Å². The van der Waals surface area contributed by atoms with Crippen LogP contribution < -0.4 is 5.32 Å². The Balaban J connectivity index is 2.26. The van der Waals surface area contributed by atoms with Gasteiger partial charge in [-0.3, -0.25) is 0 Å². The molecule has 2 nitrogen and oxygen atoms in total. The summed E-state index contributed by atoms with van der Waals surface area (Å²) in [7, 11) is 4.16. The second kappa shape index (κ2) is 2.99. The highest BCUT2D eigenvalue weighted by atomic mass is 15.1. The highest BCUT2D eigenvalue weighted by Crippen LogP contribution is 1.99. The van der Waals surface area contributed by atoms with E-state index in [9.17, 15) is 0 Å². The molecule has 1 radical (unpaired) electrons. The molecule has 0 aromatic heterocycles. The van der Waals surface area contributed by atoms with Crippen LogP contribution in [0.1, 0.15) is 0 Å². The molecule has 0 saturated heterocycles. The van der Waals surface area contributed by atoms with E-state index in [0.717, 1.165) is 19.6 Å². The lowest BCUT2D eigenvalue weighted by atomic mass is 10.3. The fourth-order valence-corrected chi connectivity index (χ4v) is 0.987. The lowest BCUT2D eigenvalue weighted by molar-refractivity contribution is 0.443. The molecule has 1 rings (SSSR count). The summed E-state index contributed by atoms with van der Waals surface area (Å²) in [6.45, 7) is 2.96. The zero-order chi connectivity index (χ0) is 6.69. The second-order valence-corrected chi connectivity index (χ2v) is 2.66. The molecular formula is C7H13N2. The molecule has 0 spiro atoms. The van der Waals surface area contributed by atoms with E-state index >= 15 is 0 Å². The summed E-state index contributed by atoms with van der Waals surface area (Å²) in [4.78, 5) is 2.17. The van der Waals surface area contributed by atoms with Crippen LogP contribution in [0.2, 0.25) is 0 Å². The van der Waals surface area contributed by atoms with Crippen LogP contribution >= 0.6 is 0 Å². The summed E-state index contributed by atoms with van der Waals surface area (Å²) < 4.78 is 0. The van der Waals surface area contributed by atoms with Crippen molar-refractivity contribution in [3.05, 3.63) is 11.6 Å². The molecule has 0 bridgehead atoms. The molecule has 1 aliphatic heterocycles. The summed E-state index contributed by atoms with van der Waals surface area (Å²) in [6.07, 6.45) is 2.21. The van der Waals surface area contributed by atoms with Crippen LogP contribution in [0, 0.1) is 0 Å². The van der Waals surface area contributed by atoms with Gasteiger partial charge in [-0.2, -0.15) is 0 Å². The average molecular weight is 125 g/mol. The first kappa shape index (κ1) is 6.78. The monoisotopic (exact) mass is 125 g/mol. The Labute approximate surface area is 56.5 Å². The minimum Gasteiger partial charge on any atom is -0.305 e.